The third kappa shape index (κ3) is 3.08. The van der Waals surface area contributed by atoms with Gasteiger partial charge in [0.25, 0.3) is 0 Å². The third-order valence-electron chi connectivity index (χ3n) is 3.87. The van der Waals surface area contributed by atoms with E-state index in [-0.39, 0.29) is 5.82 Å². The molecule has 3 rings (SSSR count). The quantitative estimate of drug-likeness (QED) is 0.637. The van der Waals surface area contributed by atoms with Crippen LogP contribution < -0.4 is 9.80 Å². The second-order valence-corrected chi connectivity index (χ2v) is 5.91. The number of anilines is 2. The minimum atomic E-state index is -0.203. The molecule has 0 aliphatic carbocycles. The van der Waals surface area contributed by atoms with E-state index in [1.165, 1.54) is 24.2 Å². The first-order valence-electron chi connectivity index (χ1n) is 7.28. The van der Waals surface area contributed by atoms with E-state index in [1.807, 2.05) is 17.2 Å². The predicted molar refractivity (Wildman–Crippen MR) is 89.4 cm³/mol. The van der Waals surface area contributed by atoms with Crippen molar-refractivity contribution >= 4 is 23.3 Å². The molecule has 2 aromatic rings. The van der Waals surface area contributed by atoms with Gasteiger partial charge in [0.1, 0.15) is 28.8 Å². The molecular formula is C16H16FN5S. The van der Waals surface area contributed by atoms with E-state index in [0.717, 1.165) is 0 Å². The second-order valence-electron chi connectivity index (χ2n) is 5.12. The van der Waals surface area contributed by atoms with Gasteiger partial charge in [0, 0.05) is 26.2 Å². The first-order chi connectivity index (χ1) is 11.2. The molecule has 0 bridgehead atoms. The molecule has 0 unspecified atom stereocenters. The van der Waals surface area contributed by atoms with Crippen molar-refractivity contribution < 1.29 is 4.39 Å². The maximum atomic E-state index is 13.9. The molecule has 2 heterocycles. The van der Waals surface area contributed by atoms with Crippen LogP contribution in [0, 0.1) is 17.1 Å². The number of thioether (sulfide) groups is 1. The lowest BCUT2D eigenvalue weighted by atomic mass is 10.2. The van der Waals surface area contributed by atoms with E-state index in [0.29, 0.717) is 48.3 Å². The SMILES string of the molecule is CSc1ncnc(N2CCN(c3ccccc3F)CC2)c1C#N. The van der Waals surface area contributed by atoms with E-state index in [2.05, 4.69) is 20.9 Å². The lowest BCUT2D eigenvalue weighted by Gasteiger charge is -2.37. The molecule has 23 heavy (non-hydrogen) atoms. The van der Waals surface area contributed by atoms with Crippen molar-refractivity contribution in [1.82, 2.24) is 9.97 Å². The second kappa shape index (κ2) is 6.84. The summed E-state index contributed by atoms with van der Waals surface area (Å²) in [7, 11) is 0. The first-order valence-corrected chi connectivity index (χ1v) is 8.50. The molecule has 1 aliphatic heterocycles. The Morgan fingerprint density at radius 3 is 2.48 bits per heavy atom. The number of hydrogen-bond donors (Lipinski definition) is 0. The minimum Gasteiger partial charge on any atom is -0.366 e. The van der Waals surface area contributed by atoms with Crippen LogP contribution in [0.15, 0.2) is 35.6 Å². The number of aromatic nitrogens is 2. The molecule has 118 valence electrons. The topological polar surface area (TPSA) is 56.1 Å². The summed E-state index contributed by atoms with van der Waals surface area (Å²) >= 11 is 1.44. The molecular weight excluding hydrogens is 313 g/mol. The van der Waals surface area contributed by atoms with Crippen LogP contribution in [0.2, 0.25) is 0 Å². The monoisotopic (exact) mass is 329 g/mol. The van der Waals surface area contributed by atoms with Crippen molar-refractivity contribution in [2.24, 2.45) is 0 Å². The van der Waals surface area contributed by atoms with E-state index >= 15 is 0 Å². The summed E-state index contributed by atoms with van der Waals surface area (Å²) in [6, 6.07) is 9.01. The zero-order chi connectivity index (χ0) is 16.2. The Balaban J connectivity index is 1.78. The lowest BCUT2D eigenvalue weighted by Crippen LogP contribution is -2.47. The van der Waals surface area contributed by atoms with Crippen molar-refractivity contribution in [3.63, 3.8) is 0 Å². The van der Waals surface area contributed by atoms with E-state index in [4.69, 9.17) is 0 Å². The van der Waals surface area contributed by atoms with Gasteiger partial charge in [-0.2, -0.15) is 5.26 Å². The Kier molecular flexibility index (Phi) is 4.63. The van der Waals surface area contributed by atoms with Crippen LogP contribution in [0.1, 0.15) is 5.56 Å². The summed E-state index contributed by atoms with van der Waals surface area (Å²) in [5, 5.41) is 10.1. The van der Waals surface area contributed by atoms with Crippen molar-refractivity contribution in [1.29, 1.82) is 5.26 Å². The highest BCUT2D eigenvalue weighted by Gasteiger charge is 2.23. The number of halogens is 1. The van der Waals surface area contributed by atoms with E-state index in [1.54, 1.807) is 12.1 Å². The molecule has 5 nitrogen and oxygen atoms in total. The molecule has 0 saturated carbocycles. The van der Waals surface area contributed by atoms with Gasteiger partial charge in [0.05, 0.1) is 5.69 Å². The highest BCUT2D eigenvalue weighted by Crippen LogP contribution is 2.27. The standard InChI is InChI=1S/C16H16FN5S/c1-23-16-12(10-18)15(19-11-20-16)22-8-6-21(7-9-22)14-5-3-2-4-13(14)17/h2-5,11H,6-9H2,1H3. The maximum Gasteiger partial charge on any atom is 0.151 e. The van der Waals surface area contributed by atoms with Crippen LogP contribution in [0.4, 0.5) is 15.9 Å². The number of piperazine rings is 1. The zero-order valence-corrected chi connectivity index (χ0v) is 13.6. The van der Waals surface area contributed by atoms with Gasteiger partial charge in [-0.05, 0) is 18.4 Å². The Hall–Kier alpha value is -2.33. The fraction of sp³-hybridized carbons (Fsp3) is 0.312. The molecule has 1 aromatic heterocycles. The maximum absolute atomic E-state index is 13.9. The molecule has 7 heteroatoms. The number of nitriles is 1. The number of para-hydroxylation sites is 1. The van der Waals surface area contributed by atoms with Crippen LogP contribution in [0.5, 0.6) is 0 Å². The van der Waals surface area contributed by atoms with Crippen molar-refractivity contribution in [3.8, 4) is 6.07 Å². The Morgan fingerprint density at radius 2 is 1.83 bits per heavy atom. The average Bonchev–Trinajstić information content (AvgIpc) is 2.61. The lowest BCUT2D eigenvalue weighted by molar-refractivity contribution is 0.595. The molecule has 0 spiro atoms. The van der Waals surface area contributed by atoms with Crippen molar-refractivity contribution in [2.75, 3.05) is 42.2 Å². The summed E-state index contributed by atoms with van der Waals surface area (Å²) in [4.78, 5) is 12.5. The Labute approximate surface area is 138 Å². The zero-order valence-electron chi connectivity index (χ0n) is 12.7. The molecule has 0 radical (unpaired) electrons. The molecule has 1 fully saturated rings. The van der Waals surface area contributed by atoms with Gasteiger partial charge < -0.3 is 9.80 Å². The molecule has 0 N–H and O–H groups in total. The van der Waals surface area contributed by atoms with Gasteiger partial charge in [-0.1, -0.05) is 12.1 Å². The summed E-state index contributed by atoms with van der Waals surface area (Å²) in [5.41, 5.74) is 1.14. The van der Waals surface area contributed by atoms with Crippen LogP contribution in [-0.4, -0.2) is 42.4 Å². The number of benzene rings is 1. The van der Waals surface area contributed by atoms with Gasteiger partial charge in [0.15, 0.2) is 5.82 Å². The average molecular weight is 329 g/mol. The molecule has 0 atom stereocenters. The third-order valence-corrected chi connectivity index (χ3v) is 4.57. The molecule has 1 aliphatic rings. The predicted octanol–water partition coefficient (Wildman–Crippen LogP) is 2.54. The van der Waals surface area contributed by atoms with E-state index < -0.39 is 0 Å². The first kappa shape index (κ1) is 15.6. The van der Waals surface area contributed by atoms with Crippen LogP contribution in [-0.2, 0) is 0 Å². The molecule has 1 saturated heterocycles. The number of rotatable bonds is 3. The highest BCUT2D eigenvalue weighted by molar-refractivity contribution is 7.98. The highest BCUT2D eigenvalue weighted by atomic mass is 32.2. The van der Waals surface area contributed by atoms with Gasteiger partial charge in [-0.15, -0.1) is 11.8 Å². The van der Waals surface area contributed by atoms with E-state index in [9.17, 15) is 9.65 Å². The van der Waals surface area contributed by atoms with Crippen LogP contribution in [0.3, 0.4) is 0 Å². The van der Waals surface area contributed by atoms with Gasteiger partial charge >= 0.3 is 0 Å². The van der Waals surface area contributed by atoms with Crippen molar-refractivity contribution in [3.05, 3.63) is 42.0 Å². The number of nitrogens with zero attached hydrogens (tertiary/aromatic N) is 5. The summed E-state index contributed by atoms with van der Waals surface area (Å²) < 4.78 is 13.9. The fourth-order valence-corrected chi connectivity index (χ4v) is 3.21. The summed E-state index contributed by atoms with van der Waals surface area (Å²) in [6.07, 6.45) is 3.38. The van der Waals surface area contributed by atoms with Gasteiger partial charge in [-0.3, -0.25) is 0 Å². The van der Waals surface area contributed by atoms with Crippen LogP contribution >= 0.6 is 11.8 Å². The number of hydrogen-bond acceptors (Lipinski definition) is 6. The van der Waals surface area contributed by atoms with Crippen molar-refractivity contribution in [2.45, 2.75) is 5.03 Å². The van der Waals surface area contributed by atoms with Gasteiger partial charge in [-0.25, -0.2) is 14.4 Å². The Bertz CT molecular complexity index is 737. The fourth-order valence-electron chi connectivity index (χ4n) is 2.72. The normalized spacial score (nSPS) is 14.7. The summed E-state index contributed by atoms with van der Waals surface area (Å²) in [6.45, 7) is 2.75. The minimum absolute atomic E-state index is 0.203. The van der Waals surface area contributed by atoms with Crippen LogP contribution in [0.25, 0.3) is 0 Å². The smallest absolute Gasteiger partial charge is 0.151 e. The van der Waals surface area contributed by atoms with Gasteiger partial charge in [0.2, 0.25) is 0 Å². The molecule has 1 aromatic carbocycles. The molecule has 0 amide bonds. The Morgan fingerprint density at radius 1 is 1.13 bits per heavy atom. The summed E-state index contributed by atoms with van der Waals surface area (Å²) in [5.74, 6) is 0.463. The largest absolute Gasteiger partial charge is 0.366 e.